The van der Waals surface area contributed by atoms with E-state index in [4.69, 9.17) is 0 Å². The van der Waals surface area contributed by atoms with E-state index in [1.807, 2.05) is 0 Å². The first kappa shape index (κ1) is 29.3. The molecule has 0 radical (unpaired) electrons. The Balaban J connectivity index is 3.34. The molecule has 0 fully saturated rings. The SMILES string of the molecule is FC(F)(F)C(F)(F)C(F)(F)C(F)(F)C(F)(F)C(F)(F)C(F)(F)C(F)(F)CCCC1C=CC=C1. The largest absolute Gasteiger partial charge is 0.460 e. The average molecular weight is 526 g/mol. The molecule has 0 saturated heterocycles. The highest BCUT2D eigenvalue weighted by atomic mass is 19.4. The highest BCUT2D eigenvalue weighted by molar-refractivity contribution is 5.17. The molecule has 0 aromatic carbocycles. The Hall–Kier alpha value is -1.71. The Kier molecular flexibility index (Phi) is 7.29. The fraction of sp³-hybridized carbons (Fsp3) is 0.750. The normalized spacial score (nSPS) is 17.8. The van der Waals surface area contributed by atoms with Gasteiger partial charge in [-0.15, -0.1) is 0 Å². The molecule has 1 rings (SSSR count). The van der Waals surface area contributed by atoms with Gasteiger partial charge in [0.25, 0.3) is 0 Å². The van der Waals surface area contributed by atoms with Gasteiger partial charge in [-0.05, 0) is 18.8 Å². The van der Waals surface area contributed by atoms with Gasteiger partial charge in [0.1, 0.15) is 0 Å². The predicted octanol–water partition coefficient (Wildman–Crippen LogP) is 7.91. The lowest BCUT2D eigenvalue weighted by molar-refractivity contribution is -0.461. The van der Waals surface area contributed by atoms with Crippen LogP contribution in [-0.2, 0) is 0 Å². The summed E-state index contributed by atoms with van der Waals surface area (Å²) in [5, 5.41) is 0. The molecule has 0 saturated carbocycles. The molecule has 0 bridgehead atoms. The van der Waals surface area contributed by atoms with E-state index in [1.165, 1.54) is 24.3 Å². The van der Waals surface area contributed by atoms with Crippen molar-refractivity contribution in [2.24, 2.45) is 5.92 Å². The number of rotatable bonds is 10. The minimum Gasteiger partial charge on any atom is -0.200 e. The first-order valence-electron chi connectivity index (χ1n) is 8.39. The van der Waals surface area contributed by atoms with Crippen molar-refractivity contribution in [2.45, 2.75) is 66.9 Å². The van der Waals surface area contributed by atoms with Crippen molar-refractivity contribution < 1.29 is 74.6 Å². The van der Waals surface area contributed by atoms with Gasteiger partial charge in [-0.25, -0.2) is 0 Å². The van der Waals surface area contributed by atoms with Crippen LogP contribution in [0.4, 0.5) is 74.6 Å². The Labute approximate surface area is 173 Å². The third-order valence-corrected chi connectivity index (χ3v) is 4.64. The van der Waals surface area contributed by atoms with Gasteiger partial charge in [-0.1, -0.05) is 24.3 Å². The molecular formula is C16H11F17. The Morgan fingerprint density at radius 3 is 1.15 bits per heavy atom. The van der Waals surface area contributed by atoms with Gasteiger partial charge < -0.3 is 0 Å². The average Bonchev–Trinajstić information content (AvgIpc) is 3.12. The first-order valence-corrected chi connectivity index (χ1v) is 8.39. The smallest absolute Gasteiger partial charge is 0.200 e. The van der Waals surface area contributed by atoms with Crippen LogP contribution >= 0.6 is 0 Å². The summed E-state index contributed by atoms with van der Waals surface area (Å²) in [6.45, 7) is 0. The zero-order chi connectivity index (χ0) is 26.5. The van der Waals surface area contributed by atoms with Crippen LogP contribution in [0.2, 0.25) is 0 Å². The zero-order valence-corrected chi connectivity index (χ0v) is 15.4. The summed E-state index contributed by atoms with van der Waals surface area (Å²) in [6.07, 6.45) is -6.40. The third kappa shape index (κ3) is 4.28. The topological polar surface area (TPSA) is 0 Å². The zero-order valence-electron chi connectivity index (χ0n) is 15.4. The van der Waals surface area contributed by atoms with E-state index in [0.717, 1.165) is 0 Å². The summed E-state index contributed by atoms with van der Waals surface area (Å²) in [5.74, 6) is -56.5. The number of hydrogen-bond acceptors (Lipinski definition) is 0. The highest BCUT2D eigenvalue weighted by Crippen LogP contribution is 2.64. The van der Waals surface area contributed by atoms with Gasteiger partial charge in [-0.3, -0.25) is 0 Å². The lowest BCUT2D eigenvalue weighted by Gasteiger charge is -2.42. The van der Waals surface area contributed by atoms with Crippen molar-refractivity contribution in [2.75, 3.05) is 0 Å². The molecule has 194 valence electrons. The highest BCUT2D eigenvalue weighted by Gasteiger charge is 2.95. The number of hydrogen-bond donors (Lipinski definition) is 0. The van der Waals surface area contributed by atoms with E-state index in [9.17, 15) is 74.6 Å². The molecule has 0 atom stereocenters. The molecule has 0 aromatic rings. The van der Waals surface area contributed by atoms with Gasteiger partial charge in [0.15, 0.2) is 0 Å². The fourth-order valence-electron chi connectivity index (χ4n) is 2.58. The van der Waals surface area contributed by atoms with E-state index in [2.05, 4.69) is 0 Å². The summed E-state index contributed by atoms with van der Waals surface area (Å²) in [6, 6.07) is 0. The predicted molar refractivity (Wildman–Crippen MR) is 76.3 cm³/mol. The molecule has 0 heterocycles. The van der Waals surface area contributed by atoms with E-state index in [0.29, 0.717) is 0 Å². The molecule has 17 heteroatoms. The molecule has 0 unspecified atom stereocenters. The Morgan fingerprint density at radius 2 is 0.788 bits per heavy atom. The summed E-state index contributed by atoms with van der Waals surface area (Å²) in [7, 11) is 0. The maximum absolute atomic E-state index is 13.6. The van der Waals surface area contributed by atoms with Gasteiger partial charge in [-0.2, -0.15) is 74.6 Å². The monoisotopic (exact) mass is 526 g/mol. The second-order valence-corrected chi connectivity index (χ2v) is 6.97. The molecule has 0 spiro atoms. The molecule has 0 N–H and O–H groups in total. The van der Waals surface area contributed by atoms with Gasteiger partial charge in [0.2, 0.25) is 0 Å². The maximum atomic E-state index is 13.6. The first-order chi connectivity index (χ1) is 14.3. The van der Waals surface area contributed by atoms with Crippen LogP contribution in [0.3, 0.4) is 0 Å². The second kappa shape index (κ2) is 8.20. The molecule has 1 aliphatic rings. The van der Waals surface area contributed by atoms with Crippen molar-refractivity contribution in [3.63, 3.8) is 0 Å². The molecule has 0 aliphatic heterocycles. The third-order valence-electron chi connectivity index (χ3n) is 4.64. The van der Waals surface area contributed by atoms with E-state index in [-0.39, 0.29) is 0 Å². The lowest BCUT2D eigenvalue weighted by Crippen LogP contribution is -2.74. The number of alkyl halides is 17. The molecule has 0 nitrogen and oxygen atoms in total. The Bertz CT molecular complexity index is 743. The van der Waals surface area contributed by atoms with Crippen molar-refractivity contribution in [1.82, 2.24) is 0 Å². The van der Waals surface area contributed by atoms with Gasteiger partial charge >= 0.3 is 47.6 Å². The summed E-state index contributed by atoms with van der Waals surface area (Å²) < 4.78 is 223. The summed E-state index contributed by atoms with van der Waals surface area (Å²) >= 11 is 0. The minimum absolute atomic E-state index is 0.466. The van der Waals surface area contributed by atoms with Gasteiger partial charge in [0, 0.05) is 6.42 Å². The van der Waals surface area contributed by atoms with Crippen LogP contribution in [0.15, 0.2) is 24.3 Å². The standard InChI is InChI=1S/C16H11F17/c17-9(18,7-3-6-8-4-1-2-5-8)10(19,20)11(21,22)12(23,24)13(25,26)14(27,28)15(29,30)16(31,32)33/h1-2,4-5,8H,3,6-7H2. The number of halogens is 17. The molecule has 0 amide bonds. The quantitative estimate of drug-likeness (QED) is 0.254. The van der Waals surface area contributed by atoms with E-state index < -0.39 is 72.8 Å². The van der Waals surface area contributed by atoms with Crippen LogP contribution in [0.25, 0.3) is 0 Å². The molecule has 33 heavy (non-hydrogen) atoms. The molecule has 1 aliphatic carbocycles. The van der Waals surface area contributed by atoms with E-state index in [1.54, 1.807) is 0 Å². The van der Waals surface area contributed by atoms with Crippen LogP contribution in [0, 0.1) is 5.92 Å². The van der Waals surface area contributed by atoms with Gasteiger partial charge in [0.05, 0.1) is 0 Å². The van der Waals surface area contributed by atoms with Crippen LogP contribution in [0.1, 0.15) is 19.3 Å². The minimum atomic E-state index is -8.58. The molecular weight excluding hydrogens is 515 g/mol. The summed E-state index contributed by atoms with van der Waals surface area (Å²) in [5.41, 5.74) is 0. The van der Waals surface area contributed by atoms with Crippen LogP contribution in [0.5, 0.6) is 0 Å². The van der Waals surface area contributed by atoms with Crippen molar-refractivity contribution in [3.8, 4) is 0 Å². The maximum Gasteiger partial charge on any atom is 0.460 e. The van der Waals surface area contributed by atoms with Crippen molar-refractivity contribution >= 4 is 0 Å². The molecule has 0 aromatic heterocycles. The van der Waals surface area contributed by atoms with Crippen LogP contribution in [-0.4, -0.2) is 47.6 Å². The second-order valence-electron chi connectivity index (χ2n) is 6.97. The van der Waals surface area contributed by atoms with Crippen LogP contribution < -0.4 is 0 Å². The Morgan fingerprint density at radius 1 is 0.455 bits per heavy atom. The van der Waals surface area contributed by atoms with Crippen molar-refractivity contribution in [1.29, 1.82) is 0 Å². The number of allylic oxidation sites excluding steroid dienone is 4. The summed E-state index contributed by atoms with van der Waals surface area (Å²) in [4.78, 5) is 0. The van der Waals surface area contributed by atoms with Crippen molar-refractivity contribution in [3.05, 3.63) is 24.3 Å². The van der Waals surface area contributed by atoms with E-state index >= 15 is 0 Å². The fourth-order valence-corrected chi connectivity index (χ4v) is 2.58. The lowest BCUT2D eigenvalue weighted by atomic mass is 9.87.